The van der Waals surface area contributed by atoms with Crippen LogP contribution in [-0.4, -0.2) is 49.6 Å². The summed E-state index contributed by atoms with van der Waals surface area (Å²) in [5.41, 5.74) is 4.17. The Bertz CT molecular complexity index is 1250. The molecule has 2 aromatic carbocycles. The van der Waals surface area contributed by atoms with Crippen molar-refractivity contribution in [2.75, 3.05) is 14.2 Å². The van der Waals surface area contributed by atoms with E-state index < -0.39 is 5.79 Å². The quantitative estimate of drug-likeness (QED) is 0.211. The first kappa shape index (κ1) is 25.4. The van der Waals surface area contributed by atoms with Crippen molar-refractivity contribution in [2.45, 2.75) is 51.4 Å². The van der Waals surface area contributed by atoms with Gasteiger partial charge in [-0.05, 0) is 34.7 Å². The van der Waals surface area contributed by atoms with Crippen molar-refractivity contribution >= 4 is 0 Å². The molecule has 36 heavy (non-hydrogen) atoms. The normalized spacial score (nSPS) is 11.6. The maximum atomic E-state index is 5.81. The van der Waals surface area contributed by atoms with Crippen molar-refractivity contribution in [3.63, 3.8) is 0 Å². The number of unbranched alkanes of at least 4 members (excludes halogenated alkanes) is 1. The molecule has 0 spiro atoms. The number of aryl methyl sites for hydroxylation is 1. The molecule has 0 radical (unpaired) electrons. The van der Waals surface area contributed by atoms with Gasteiger partial charge in [0, 0.05) is 39.2 Å². The molecule has 4 aromatic rings. The lowest BCUT2D eigenvalue weighted by Crippen LogP contribution is -2.32. The third-order valence-electron chi connectivity index (χ3n) is 6.29. The van der Waals surface area contributed by atoms with Gasteiger partial charge < -0.3 is 9.47 Å². The molecule has 0 atom stereocenters. The predicted octanol–water partition coefficient (Wildman–Crippen LogP) is 4.93. The summed E-state index contributed by atoms with van der Waals surface area (Å²) in [4.78, 5) is 4.89. The maximum Gasteiger partial charge on any atom is 0.231 e. The van der Waals surface area contributed by atoms with E-state index in [1.165, 1.54) is 0 Å². The second kappa shape index (κ2) is 11.8. The summed E-state index contributed by atoms with van der Waals surface area (Å²) in [6, 6.07) is 16.5. The number of nitrogens with one attached hydrogen (secondary N) is 1. The van der Waals surface area contributed by atoms with Gasteiger partial charge in [0.25, 0.3) is 0 Å². The molecule has 9 heteroatoms. The molecule has 0 saturated carbocycles. The summed E-state index contributed by atoms with van der Waals surface area (Å²) in [5.74, 6) is 1.04. The van der Waals surface area contributed by atoms with E-state index >= 15 is 0 Å². The van der Waals surface area contributed by atoms with Gasteiger partial charge in [0.15, 0.2) is 0 Å². The Hall–Kier alpha value is -3.69. The number of hydrogen-bond donors (Lipinski definition) is 1. The molecule has 0 unspecified atom stereocenters. The Morgan fingerprint density at radius 3 is 2.44 bits per heavy atom. The van der Waals surface area contributed by atoms with Gasteiger partial charge in [0.05, 0.1) is 0 Å². The topological polar surface area (TPSA) is 104 Å². The van der Waals surface area contributed by atoms with E-state index in [1.54, 1.807) is 14.2 Å². The van der Waals surface area contributed by atoms with E-state index in [0.29, 0.717) is 31.0 Å². The van der Waals surface area contributed by atoms with E-state index in [9.17, 15) is 0 Å². The molecule has 1 N–H and O–H groups in total. The molecule has 188 valence electrons. The summed E-state index contributed by atoms with van der Waals surface area (Å²) in [7, 11) is 3.29. The van der Waals surface area contributed by atoms with Crippen LogP contribution in [-0.2, 0) is 28.2 Å². The first-order valence-electron chi connectivity index (χ1n) is 12.2. The van der Waals surface area contributed by atoms with Crippen LogP contribution in [0.25, 0.3) is 22.5 Å². The highest BCUT2D eigenvalue weighted by Gasteiger charge is 2.37. The van der Waals surface area contributed by atoms with E-state index in [2.05, 4.69) is 64.5 Å². The van der Waals surface area contributed by atoms with E-state index in [0.717, 1.165) is 47.3 Å². The molecular formula is C27H33N7O2. The number of aromatic nitrogens is 7. The molecule has 0 amide bonds. The van der Waals surface area contributed by atoms with E-state index in [4.69, 9.17) is 19.6 Å². The van der Waals surface area contributed by atoms with Crippen LogP contribution in [0.15, 0.2) is 61.2 Å². The molecule has 0 aliphatic carbocycles. The minimum Gasteiger partial charge on any atom is -0.347 e. The molecule has 0 bridgehead atoms. The third-order valence-corrected chi connectivity index (χ3v) is 6.29. The number of aromatic amines is 1. The number of nitrogens with zero attached hydrogens (tertiary/aromatic N) is 6. The Balaban J connectivity index is 1.62. The lowest BCUT2D eigenvalue weighted by atomic mass is 9.98. The zero-order valence-electron chi connectivity index (χ0n) is 21.1. The summed E-state index contributed by atoms with van der Waals surface area (Å²) in [5, 5.41) is 19.3. The number of allylic oxidation sites excluding steroid dienone is 1. The number of hydrogen-bond acceptors (Lipinski definition) is 7. The standard InChI is InChI=1S/C27H33N7O2/c1-5-7-17-27(35-3,36-4)26-28-24(34(31-26)18-8-6-2)19-20-13-15-21(16-14-20)22-11-9-10-12-23(22)25-29-32-33-30-25/h6,9-16H,2,5,7-8,17-19H2,1,3-4H3,(H,29,30,32,33). The van der Waals surface area contributed by atoms with Gasteiger partial charge in [-0.25, -0.2) is 9.67 Å². The summed E-state index contributed by atoms with van der Waals surface area (Å²) < 4.78 is 13.6. The number of ether oxygens (including phenoxy) is 2. The Morgan fingerprint density at radius 2 is 1.81 bits per heavy atom. The molecule has 0 saturated heterocycles. The van der Waals surface area contributed by atoms with Gasteiger partial charge >= 0.3 is 0 Å². The van der Waals surface area contributed by atoms with Crippen molar-refractivity contribution < 1.29 is 9.47 Å². The van der Waals surface area contributed by atoms with Crippen LogP contribution in [0.1, 0.15) is 49.8 Å². The van der Waals surface area contributed by atoms with Crippen molar-refractivity contribution in [3.05, 3.63) is 78.4 Å². The summed E-state index contributed by atoms with van der Waals surface area (Å²) in [6.07, 6.45) is 5.98. The van der Waals surface area contributed by atoms with Crippen LogP contribution in [0.5, 0.6) is 0 Å². The van der Waals surface area contributed by atoms with Gasteiger partial charge in [-0.3, -0.25) is 0 Å². The average Bonchev–Trinajstić information content (AvgIpc) is 3.60. The lowest BCUT2D eigenvalue weighted by Gasteiger charge is -2.27. The van der Waals surface area contributed by atoms with Crippen LogP contribution in [0.3, 0.4) is 0 Å². The Kier molecular flexibility index (Phi) is 8.35. The van der Waals surface area contributed by atoms with Gasteiger partial charge in [0.2, 0.25) is 17.4 Å². The summed E-state index contributed by atoms with van der Waals surface area (Å²) in [6.45, 7) is 6.69. The largest absolute Gasteiger partial charge is 0.347 e. The zero-order chi connectivity index (χ0) is 25.4. The van der Waals surface area contributed by atoms with Crippen LogP contribution >= 0.6 is 0 Å². The van der Waals surface area contributed by atoms with Gasteiger partial charge in [0.1, 0.15) is 5.82 Å². The fourth-order valence-electron chi connectivity index (χ4n) is 4.24. The average molecular weight is 488 g/mol. The molecule has 9 nitrogen and oxygen atoms in total. The molecule has 2 heterocycles. The van der Waals surface area contributed by atoms with Crippen LogP contribution in [0.2, 0.25) is 0 Å². The fourth-order valence-corrected chi connectivity index (χ4v) is 4.24. The molecule has 2 aromatic heterocycles. The number of rotatable bonds is 13. The minimum atomic E-state index is -0.951. The fraction of sp³-hybridized carbons (Fsp3) is 0.370. The first-order valence-corrected chi connectivity index (χ1v) is 12.2. The number of H-pyrrole nitrogens is 1. The van der Waals surface area contributed by atoms with Crippen molar-refractivity contribution in [1.82, 2.24) is 35.4 Å². The minimum absolute atomic E-state index is 0.561. The second-order valence-corrected chi connectivity index (χ2v) is 8.57. The molecule has 4 rings (SSSR count). The van der Waals surface area contributed by atoms with Crippen molar-refractivity contribution in [1.29, 1.82) is 0 Å². The Morgan fingerprint density at radius 1 is 1.06 bits per heavy atom. The Labute approximate surface area is 211 Å². The highest BCUT2D eigenvalue weighted by Crippen LogP contribution is 2.31. The predicted molar refractivity (Wildman–Crippen MR) is 138 cm³/mol. The van der Waals surface area contributed by atoms with E-state index in [-0.39, 0.29) is 0 Å². The van der Waals surface area contributed by atoms with Gasteiger partial charge in [-0.1, -0.05) is 68.0 Å². The van der Waals surface area contributed by atoms with Crippen molar-refractivity contribution in [2.24, 2.45) is 0 Å². The molecular weight excluding hydrogens is 454 g/mol. The number of tetrazole rings is 1. The molecule has 0 aliphatic rings. The van der Waals surface area contributed by atoms with Gasteiger partial charge in [-0.15, -0.1) is 16.8 Å². The van der Waals surface area contributed by atoms with Crippen LogP contribution in [0, 0.1) is 0 Å². The first-order chi connectivity index (χ1) is 17.6. The monoisotopic (exact) mass is 487 g/mol. The van der Waals surface area contributed by atoms with Crippen LogP contribution < -0.4 is 0 Å². The maximum absolute atomic E-state index is 5.81. The highest BCUT2D eigenvalue weighted by atomic mass is 16.7. The molecule has 0 aliphatic heterocycles. The number of benzene rings is 2. The van der Waals surface area contributed by atoms with Crippen LogP contribution in [0.4, 0.5) is 0 Å². The number of methoxy groups -OCH3 is 2. The SMILES string of the molecule is C=CCCn1nc(C(CCCC)(OC)OC)nc1Cc1ccc(-c2ccccc2-c2nn[nH]n2)cc1. The van der Waals surface area contributed by atoms with Crippen molar-refractivity contribution in [3.8, 4) is 22.5 Å². The van der Waals surface area contributed by atoms with E-state index in [1.807, 2.05) is 29.0 Å². The zero-order valence-corrected chi connectivity index (χ0v) is 21.1. The van der Waals surface area contributed by atoms with Gasteiger partial charge in [-0.2, -0.15) is 10.3 Å². The molecule has 0 fully saturated rings. The second-order valence-electron chi connectivity index (χ2n) is 8.57. The third kappa shape index (κ3) is 5.42. The lowest BCUT2D eigenvalue weighted by molar-refractivity contribution is -0.226. The highest BCUT2D eigenvalue weighted by molar-refractivity contribution is 5.80. The summed E-state index contributed by atoms with van der Waals surface area (Å²) >= 11 is 0. The smallest absolute Gasteiger partial charge is 0.231 e.